The van der Waals surface area contributed by atoms with Gasteiger partial charge in [-0.3, -0.25) is 4.79 Å². The molecule has 2 aromatic rings. The molecule has 0 bridgehead atoms. The maximum atomic E-state index is 10.4. The smallest absolute Gasteiger partial charge is 0.223 e. The van der Waals surface area contributed by atoms with Crippen molar-refractivity contribution < 1.29 is 9.32 Å². The number of hydrogen-bond acceptors (Lipinski definition) is 4. The van der Waals surface area contributed by atoms with E-state index in [1.807, 2.05) is 4.57 Å². The molecule has 0 radical (unpaired) electrons. The van der Waals surface area contributed by atoms with Crippen LogP contribution in [0, 0.1) is 6.92 Å². The average Bonchev–Trinajstić information content (AvgIpc) is 2.76. The Morgan fingerprint density at radius 1 is 1.64 bits per heavy atom. The second-order valence-corrected chi connectivity index (χ2v) is 2.96. The van der Waals surface area contributed by atoms with E-state index < -0.39 is 0 Å². The SMILES string of the molecule is Cc1nc(Cn2ccc(C=O)c2)no1. The van der Waals surface area contributed by atoms with Crippen LogP contribution in [0.1, 0.15) is 22.1 Å². The minimum absolute atomic E-state index is 0.519. The normalized spacial score (nSPS) is 10.4. The van der Waals surface area contributed by atoms with Crippen molar-refractivity contribution in [3.05, 3.63) is 35.7 Å². The quantitative estimate of drug-likeness (QED) is 0.680. The van der Waals surface area contributed by atoms with Crippen LogP contribution in [-0.2, 0) is 6.54 Å². The lowest BCUT2D eigenvalue weighted by atomic mass is 10.4. The minimum atomic E-state index is 0.519. The number of aldehydes is 1. The molecule has 2 aromatic heterocycles. The van der Waals surface area contributed by atoms with Gasteiger partial charge in [0.25, 0.3) is 0 Å². The zero-order valence-electron chi connectivity index (χ0n) is 7.67. The van der Waals surface area contributed by atoms with Gasteiger partial charge in [0.2, 0.25) is 5.89 Å². The predicted octanol–water partition coefficient (Wildman–Crippen LogP) is 1.04. The van der Waals surface area contributed by atoms with E-state index in [9.17, 15) is 4.79 Å². The van der Waals surface area contributed by atoms with Gasteiger partial charge in [0, 0.05) is 24.9 Å². The van der Waals surface area contributed by atoms with Crippen molar-refractivity contribution in [2.45, 2.75) is 13.5 Å². The van der Waals surface area contributed by atoms with Crippen molar-refractivity contribution in [1.82, 2.24) is 14.7 Å². The Bertz CT molecular complexity index is 444. The Labute approximate surface area is 80.3 Å². The minimum Gasteiger partial charge on any atom is -0.346 e. The third-order valence-electron chi connectivity index (χ3n) is 1.80. The highest BCUT2D eigenvalue weighted by Crippen LogP contribution is 2.02. The third-order valence-corrected chi connectivity index (χ3v) is 1.80. The molecule has 0 N–H and O–H groups in total. The van der Waals surface area contributed by atoms with E-state index >= 15 is 0 Å². The van der Waals surface area contributed by atoms with E-state index in [1.54, 1.807) is 25.4 Å². The van der Waals surface area contributed by atoms with E-state index in [0.29, 0.717) is 23.8 Å². The monoisotopic (exact) mass is 191 g/mol. The third kappa shape index (κ3) is 1.71. The molecule has 0 spiro atoms. The van der Waals surface area contributed by atoms with E-state index in [4.69, 9.17) is 4.52 Å². The van der Waals surface area contributed by atoms with Crippen molar-refractivity contribution in [1.29, 1.82) is 0 Å². The van der Waals surface area contributed by atoms with Crippen LogP contribution in [0.2, 0.25) is 0 Å². The molecule has 0 aliphatic rings. The number of carbonyl (C=O) groups is 1. The molecule has 0 aliphatic heterocycles. The van der Waals surface area contributed by atoms with Gasteiger partial charge in [-0.05, 0) is 6.07 Å². The maximum absolute atomic E-state index is 10.4. The first-order chi connectivity index (χ1) is 6.78. The highest BCUT2D eigenvalue weighted by Gasteiger charge is 2.03. The molecule has 0 fully saturated rings. The molecule has 5 nitrogen and oxygen atoms in total. The maximum Gasteiger partial charge on any atom is 0.223 e. The van der Waals surface area contributed by atoms with Gasteiger partial charge in [-0.1, -0.05) is 5.16 Å². The van der Waals surface area contributed by atoms with Crippen LogP contribution in [-0.4, -0.2) is 21.0 Å². The predicted molar refractivity (Wildman–Crippen MR) is 48.0 cm³/mol. The Morgan fingerprint density at radius 3 is 3.07 bits per heavy atom. The molecular formula is C9H9N3O2. The lowest BCUT2D eigenvalue weighted by Crippen LogP contribution is -1.98. The Hall–Kier alpha value is -1.91. The van der Waals surface area contributed by atoms with Crippen molar-refractivity contribution in [2.24, 2.45) is 0 Å². The molecule has 0 unspecified atom stereocenters. The lowest BCUT2D eigenvalue weighted by molar-refractivity contribution is 0.112. The number of nitrogens with zero attached hydrogens (tertiary/aromatic N) is 3. The molecule has 0 saturated heterocycles. The Balaban J connectivity index is 2.14. The van der Waals surface area contributed by atoms with Gasteiger partial charge in [-0.25, -0.2) is 0 Å². The highest BCUT2D eigenvalue weighted by molar-refractivity contribution is 5.74. The van der Waals surface area contributed by atoms with Crippen LogP contribution in [0.3, 0.4) is 0 Å². The number of aryl methyl sites for hydroxylation is 1. The summed E-state index contributed by atoms with van der Waals surface area (Å²) in [7, 11) is 0. The summed E-state index contributed by atoms with van der Waals surface area (Å²) in [6.45, 7) is 2.26. The summed E-state index contributed by atoms with van der Waals surface area (Å²) >= 11 is 0. The Morgan fingerprint density at radius 2 is 2.50 bits per heavy atom. The van der Waals surface area contributed by atoms with Crippen molar-refractivity contribution in [2.75, 3.05) is 0 Å². The molecule has 2 rings (SSSR count). The second kappa shape index (κ2) is 3.45. The number of carbonyl (C=O) groups excluding carboxylic acids is 1. The Kier molecular flexibility index (Phi) is 2.14. The fourth-order valence-electron chi connectivity index (χ4n) is 1.20. The average molecular weight is 191 g/mol. The van der Waals surface area contributed by atoms with Crippen LogP contribution in [0.5, 0.6) is 0 Å². The molecule has 72 valence electrons. The van der Waals surface area contributed by atoms with Crippen LogP contribution in [0.4, 0.5) is 0 Å². The van der Waals surface area contributed by atoms with Gasteiger partial charge >= 0.3 is 0 Å². The number of aromatic nitrogens is 3. The van der Waals surface area contributed by atoms with E-state index in [2.05, 4.69) is 10.1 Å². The van der Waals surface area contributed by atoms with Crippen LogP contribution >= 0.6 is 0 Å². The zero-order chi connectivity index (χ0) is 9.97. The van der Waals surface area contributed by atoms with E-state index in [0.717, 1.165) is 6.29 Å². The number of rotatable bonds is 3. The highest BCUT2D eigenvalue weighted by atomic mass is 16.5. The van der Waals surface area contributed by atoms with Crippen molar-refractivity contribution in [3.8, 4) is 0 Å². The molecule has 5 heteroatoms. The molecule has 14 heavy (non-hydrogen) atoms. The topological polar surface area (TPSA) is 60.9 Å². The standard InChI is InChI=1S/C9H9N3O2/c1-7-10-9(11-14-7)5-12-3-2-8(4-12)6-13/h2-4,6H,5H2,1H3. The summed E-state index contributed by atoms with van der Waals surface area (Å²) in [5.41, 5.74) is 0.644. The second-order valence-electron chi connectivity index (χ2n) is 2.96. The van der Waals surface area contributed by atoms with Gasteiger partial charge in [0.1, 0.15) is 0 Å². The molecule has 0 amide bonds. The molecule has 0 saturated carbocycles. The van der Waals surface area contributed by atoms with E-state index in [1.165, 1.54) is 0 Å². The first kappa shape index (κ1) is 8.68. The van der Waals surface area contributed by atoms with Crippen LogP contribution in [0.15, 0.2) is 23.0 Å². The summed E-state index contributed by atoms with van der Waals surface area (Å²) in [6, 6.07) is 1.74. The first-order valence-corrected chi connectivity index (χ1v) is 4.18. The molecule has 0 aromatic carbocycles. The van der Waals surface area contributed by atoms with Crippen LogP contribution in [0.25, 0.3) is 0 Å². The molecule has 0 aliphatic carbocycles. The van der Waals surface area contributed by atoms with Gasteiger partial charge in [0.15, 0.2) is 12.1 Å². The van der Waals surface area contributed by atoms with Crippen LogP contribution < -0.4 is 0 Å². The van der Waals surface area contributed by atoms with Gasteiger partial charge in [-0.15, -0.1) is 0 Å². The molecule has 2 heterocycles. The lowest BCUT2D eigenvalue weighted by Gasteiger charge is -1.94. The number of hydrogen-bond donors (Lipinski definition) is 0. The molecular weight excluding hydrogens is 182 g/mol. The summed E-state index contributed by atoms with van der Waals surface area (Å²) in [6.07, 6.45) is 4.34. The fraction of sp³-hybridized carbons (Fsp3) is 0.222. The summed E-state index contributed by atoms with van der Waals surface area (Å²) in [5, 5.41) is 3.75. The molecule has 0 atom stereocenters. The van der Waals surface area contributed by atoms with Gasteiger partial charge < -0.3 is 9.09 Å². The first-order valence-electron chi connectivity index (χ1n) is 4.18. The largest absolute Gasteiger partial charge is 0.346 e. The fourth-order valence-corrected chi connectivity index (χ4v) is 1.20. The summed E-state index contributed by atoms with van der Waals surface area (Å²) < 4.78 is 6.65. The van der Waals surface area contributed by atoms with Crippen molar-refractivity contribution in [3.63, 3.8) is 0 Å². The van der Waals surface area contributed by atoms with Gasteiger partial charge in [-0.2, -0.15) is 4.98 Å². The van der Waals surface area contributed by atoms with Crippen molar-refractivity contribution >= 4 is 6.29 Å². The zero-order valence-corrected chi connectivity index (χ0v) is 7.67. The van der Waals surface area contributed by atoms with Gasteiger partial charge in [0.05, 0.1) is 6.54 Å². The summed E-state index contributed by atoms with van der Waals surface area (Å²) in [4.78, 5) is 14.5. The van der Waals surface area contributed by atoms with E-state index in [-0.39, 0.29) is 0 Å². The summed E-state index contributed by atoms with van der Waals surface area (Å²) in [5.74, 6) is 1.15.